The first-order chi connectivity index (χ1) is 15.8. The number of benzene rings is 4. The van der Waals surface area contributed by atoms with Gasteiger partial charge in [-0.1, -0.05) is 84.9 Å². The van der Waals surface area contributed by atoms with Crippen LogP contribution in [-0.4, -0.2) is 9.97 Å². The Hall–Kier alpha value is -3.60. The summed E-state index contributed by atoms with van der Waals surface area (Å²) in [5.74, 6) is 0. The molecule has 0 aliphatic carbocycles. The van der Waals surface area contributed by atoms with Crippen molar-refractivity contribution in [1.29, 1.82) is 0 Å². The first-order valence-corrected chi connectivity index (χ1v) is 12.0. The summed E-state index contributed by atoms with van der Waals surface area (Å²) in [6, 6.07) is 34.0. The maximum atomic E-state index is 4.64. The van der Waals surface area contributed by atoms with E-state index in [1.807, 2.05) is 24.5 Å². The lowest BCUT2D eigenvalue weighted by molar-refractivity contribution is 1.41. The first-order valence-electron chi connectivity index (χ1n) is 10.4. The van der Waals surface area contributed by atoms with Crippen molar-refractivity contribution < 1.29 is 0 Å². The van der Waals surface area contributed by atoms with Gasteiger partial charge < -0.3 is 0 Å². The molecule has 0 aliphatic rings. The molecular weight excluding hydrogens is 428 g/mol. The number of fused-ring (bicyclic) bond motifs is 1. The second kappa shape index (κ2) is 8.15. The summed E-state index contributed by atoms with van der Waals surface area (Å²) in [4.78, 5) is 11.6. The van der Waals surface area contributed by atoms with Crippen molar-refractivity contribution in [1.82, 2.24) is 9.97 Å². The molecule has 152 valence electrons. The molecule has 4 heteroatoms. The fourth-order valence-corrected chi connectivity index (χ4v) is 5.63. The summed E-state index contributed by atoms with van der Waals surface area (Å²) in [5, 5.41) is 4.56. The molecule has 0 atom stereocenters. The van der Waals surface area contributed by atoms with E-state index in [1.165, 1.54) is 31.7 Å². The van der Waals surface area contributed by atoms with Gasteiger partial charge in [0.2, 0.25) is 0 Å². The molecular formula is C28H18N2S2. The number of aromatic nitrogens is 2. The molecule has 0 aliphatic heterocycles. The normalized spacial score (nSPS) is 11.1. The van der Waals surface area contributed by atoms with Crippen molar-refractivity contribution in [3.05, 3.63) is 109 Å². The predicted octanol–water partition coefficient (Wildman–Crippen LogP) is 8.42. The Balaban J connectivity index is 1.31. The zero-order valence-electron chi connectivity index (χ0n) is 17.1. The van der Waals surface area contributed by atoms with Gasteiger partial charge in [-0.05, 0) is 34.0 Å². The van der Waals surface area contributed by atoms with E-state index in [0.29, 0.717) is 0 Å². The number of nitrogens with zero attached hydrogens (tertiary/aromatic N) is 2. The van der Waals surface area contributed by atoms with Crippen molar-refractivity contribution >= 4 is 33.4 Å². The van der Waals surface area contributed by atoms with Crippen LogP contribution in [0.15, 0.2) is 109 Å². The Morgan fingerprint density at radius 1 is 0.438 bits per heavy atom. The maximum absolute atomic E-state index is 4.64. The van der Waals surface area contributed by atoms with Crippen molar-refractivity contribution in [2.24, 2.45) is 0 Å². The minimum atomic E-state index is 1.05. The third kappa shape index (κ3) is 3.64. The molecule has 2 aromatic heterocycles. The van der Waals surface area contributed by atoms with E-state index >= 15 is 0 Å². The van der Waals surface area contributed by atoms with Gasteiger partial charge in [-0.3, -0.25) is 0 Å². The van der Waals surface area contributed by atoms with E-state index in [2.05, 4.69) is 94.9 Å². The zero-order valence-corrected chi connectivity index (χ0v) is 18.7. The Bertz CT molecular complexity index is 1400. The summed E-state index contributed by atoms with van der Waals surface area (Å²) in [7, 11) is 0. The highest BCUT2D eigenvalue weighted by atomic mass is 32.1. The van der Waals surface area contributed by atoms with E-state index in [4.69, 9.17) is 0 Å². The Labute approximate surface area is 194 Å². The van der Waals surface area contributed by atoms with Crippen LogP contribution in [0.3, 0.4) is 0 Å². The van der Waals surface area contributed by atoms with Crippen molar-refractivity contribution in [3.8, 4) is 42.0 Å². The van der Waals surface area contributed by atoms with Crippen LogP contribution < -0.4 is 0 Å². The zero-order chi connectivity index (χ0) is 21.3. The summed E-state index contributed by atoms with van der Waals surface area (Å²) in [6.45, 7) is 0. The highest BCUT2D eigenvalue weighted by Crippen LogP contribution is 2.36. The number of hydrogen-bond donors (Lipinski definition) is 0. The van der Waals surface area contributed by atoms with Crippen LogP contribution in [0.25, 0.3) is 52.8 Å². The summed E-state index contributed by atoms with van der Waals surface area (Å²) in [6.07, 6.45) is 3.95. The monoisotopic (exact) mass is 446 g/mol. The summed E-state index contributed by atoms with van der Waals surface area (Å²) >= 11 is 3.46. The molecule has 0 unspecified atom stereocenters. The number of rotatable bonds is 4. The van der Waals surface area contributed by atoms with Crippen molar-refractivity contribution in [3.63, 3.8) is 0 Å². The molecule has 0 amide bonds. The van der Waals surface area contributed by atoms with Gasteiger partial charge in [0.05, 0.1) is 9.75 Å². The molecule has 0 radical (unpaired) electrons. The molecule has 4 aromatic carbocycles. The molecule has 32 heavy (non-hydrogen) atoms. The largest absolute Gasteiger partial charge is 0.244 e. The van der Waals surface area contributed by atoms with Crippen LogP contribution in [0.5, 0.6) is 0 Å². The fraction of sp³-hybridized carbons (Fsp3) is 0. The quantitative estimate of drug-likeness (QED) is 0.271. The standard InChI is InChI=1S/C28H18N2S2/c1-3-7-19(8-4-1)27-29-17-25(31-27)23-13-11-22-16-24(14-12-21(22)15-23)26-18-30-28(32-26)20-9-5-2-6-10-20/h1-18H. The van der Waals surface area contributed by atoms with E-state index < -0.39 is 0 Å². The maximum Gasteiger partial charge on any atom is 0.123 e. The minimum absolute atomic E-state index is 1.05. The highest BCUT2D eigenvalue weighted by molar-refractivity contribution is 7.18. The third-order valence-corrected chi connectivity index (χ3v) is 7.65. The molecule has 0 saturated carbocycles. The second-order valence-corrected chi connectivity index (χ2v) is 9.63. The van der Waals surface area contributed by atoms with Gasteiger partial charge >= 0.3 is 0 Å². The fourth-order valence-electron chi connectivity index (χ4n) is 3.80. The number of hydrogen-bond acceptors (Lipinski definition) is 4. The average molecular weight is 447 g/mol. The van der Waals surface area contributed by atoms with Crippen molar-refractivity contribution in [2.75, 3.05) is 0 Å². The number of thiazole rings is 2. The van der Waals surface area contributed by atoms with Crippen molar-refractivity contribution in [2.45, 2.75) is 0 Å². The minimum Gasteiger partial charge on any atom is -0.244 e. The predicted molar refractivity (Wildman–Crippen MR) is 137 cm³/mol. The van der Waals surface area contributed by atoms with Gasteiger partial charge in [-0.15, -0.1) is 22.7 Å². The SMILES string of the molecule is c1ccc(-c2ncc(-c3ccc4cc(-c5cnc(-c6ccccc6)s5)ccc4c3)s2)cc1. The molecule has 0 bridgehead atoms. The smallest absolute Gasteiger partial charge is 0.123 e. The average Bonchev–Trinajstić information content (AvgIpc) is 3.55. The topological polar surface area (TPSA) is 25.8 Å². The molecule has 0 N–H and O–H groups in total. The van der Waals surface area contributed by atoms with E-state index in [9.17, 15) is 0 Å². The van der Waals surface area contributed by atoms with Gasteiger partial charge in [-0.2, -0.15) is 0 Å². The van der Waals surface area contributed by atoms with E-state index in [1.54, 1.807) is 22.7 Å². The third-order valence-electron chi connectivity index (χ3n) is 5.46. The van der Waals surface area contributed by atoms with E-state index in [-0.39, 0.29) is 0 Å². The molecule has 6 aromatic rings. The van der Waals surface area contributed by atoms with Crippen LogP contribution in [0, 0.1) is 0 Å². The van der Waals surface area contributed by atoms with Gasteiger partial charge in [0, 0.05) is 23.5 Å². The first kappa shape index (κ1) is 19.1. The van der Waals surface area contributed by atoms with Gasteiger partial charge in [0.25, 0.3) is 0 Å². The van der Waals surface area contributed by atoms with Crippen LogP contribution in [-0.2, 0) is 0 Å². The molecule has 6 rings (SSSR count). The molecule has 0 spiro atoms. The second-order valence-electron chi connectivity index (χ2n) is 7.57. The van der Waals surface area contributed by atoms with Gasteiger partial charge in [0.15, 0.2) is 0 Å². The lowest BCUT2D eigenvalue weighted by Gasteiger charge is -2.04. The Morgan fingerprint density at radius 3 is 1.31 bits per heavy atom. The molecule has 2 nitrogen and oxygen atoms in total. The Morgan fingerprint density at radius 2 is 0.875 bits per heavy atom. The van der Waals surface area contributed by atoms with Gasteiger partial charge in [-0.25, -0.2) is 9.97 Å². The lowest BCUT2D eigenvalue weighted by Crippen LogP contribution is -1.78. The molecule has 0 saturated heterocycles. The molecule has 0 fully saturated rings. The lowest BCUT2D eigenvalue weighted by atomic mass is 10.0. The van der Waals surface area contributed by atoms with Crippen LogP contribution in [0.1, 0.15) is 0 Å². The van der Waals surface area contributed by atoms with Gasteiger partial charge in [0.1, 0.15) is 10.0 Å². The summed E-state index contributed by atoms with van der Waals surface area (Å²) in [5.41, 5.74) is 4.73. The Kier molecular flexibility index (Phi) is 4.87. The highest BCUT2D eigenvalue weighted by Gasteiger charge is 2.10. The van der Waals surface area contributed by atoms with Crippen LogP contribution >= 0.6 is 22.7 Å². The van der Waals surface area contributed by atoms with Crippen LogP contribution in [0.4, 0.5) is 0 Å². The van der Waals surface area contributed by atoms with E-state index in [0.717, 1.165) is 21.1 Å². The molecule has 2 heterocycles. The van der Waals surface area contributed by atoms with Crippen LogP contribution in [0.2, 0.25) is 0 Å². The summed E-state index contributed by atoms with van der Waals surface area (Å²) < 4.78 is 0.